The van der Waals surface area contributed by atoms with Crippen molar-refractivity contribution in [1.29, 1.82) is 0 Å². The van der Waals surface area contributed by atoms with Gasteiger partial charge in [0.2, 0.25) is 0 Å². The lowest BCUT2D eigenvalue weighted by molar-refractivity contribution is -0.144. The van der Waals surface area contributed by atoms with Crippen molar-refractivity contribution >= 4 is 13.4 Å². The Balaban J connectivity index is 3.12. The minimum Gasteiger partial charge on any atom is -0.312 e. The molecule has 10 heteroatoms. The fraction of sp³-hybridized carbons (Fsp3) is 0.556. The Hall–Kier alpha value is -1.18. The minimum atomic E-state index is -4.74. The number of hydrogen-bond donors (Lipinski definition) is 0. The molecule has 108 valence electrons. The Morgan fingerprint density at radius 3 is 2.37 bits per heavy atom. The molecular weight excluding hydrogens is 288 g/mol. The number of carbonyl (C=O) groups is 1. The van der Waals surface area contributed by atoms with E-state index in [9.17, 15) is 22.5 Å². The van der Waals surface area contributed by atoms with Crippen molar-refractivity contribution in [3.05, 3.63) is 17.5 Å². The molecule has 0 fully saturated rings. The molecule has 0 bridgehead atoms. The number of hydrogen-bond acceptors (Lipinski definition) is 5. The van der Waals surface area contributed by atoms with Crippen LogP contribution in [0.2, 0.25) is 0 Å². The molecule has 0 amide bonds. The van der Waals surface area contributed by atoms with Crippen molar-refractivity contribution in [2.24, 2.45) is 7.05 Å². The standard InChI is InChI=1S/C9H12F3N2O4P/c1-14-8(9(10,11)12)6(4-13-14)7(15)5-19(16,17-2)18-3/h4H,5H2,1-3H3. The van der Waals surface area contributed by atoms with E-state index in [0.29, 0.717) is 4.68 Å². The molecule has 0 saturated heterocycles. The number of ketones is 1. The van der Waals surface area contributed by atoms with Crippen molar-refractivity contribution in [2.45, 2.75) is 6.18 Å². The van der Waals surface area contributed by atoms with Crippen LogP contribution in [-0.2, 0) is 26.8 Å². The quantitative estimate of drug-likeness (QED) is 0.615. The van der Waals surface area contributed by atoms with Gasteiger partial charge in [0.1, 0.15) is 6.16 Å². The van der Waals surface area contributed by atoms with Crippen LogP contribution in [0.3, 0.4) is 0 Å². The van der Waals surface area contributed by atoms with Gasteiger partial charge in [-0.25, -0.2) is 0 Å². The average Bonchev–Trinajstić information content (AvgIpc) is 2.70. The predicted octanol–water partition coefficient (Wildman–Crippen LogP) is 2.11. The molecule has 0 spiro atoms. The van der Waals surface area contributed by atoms with Crippen LogP contribution in [0.25, 0.3) is 0 Å². The maximum Gasteiger partial charge on any atom is 0.433 e. The summed E-state index contributed by atoms with van der Waals surface area (Å²) in [6, 6.07) is 0. The monoisotopic (exact) mass is 300 g/mol. The summed E-state index contributed by atoms with van der Waals surface area (Å²) in [6.45, 7) is 0. The molecule has 0 saturated carbocycles. The van der Waals surface area contributed by atoms with Crippen molar-refractivity contribution < 1.29 is 31.6 Å². The molecule has 1 heterocycles. The molecule has 6 nitrogen and oxygen atoms in total. The minimum absolute atomic E-state index is 0.539. The van der Waals surface area contributed by atoms with E-state index in [1.807, 2.05) is 0 Å². The van der Waals surface area contributed by atoms with E-state index >= 15 is 0 Å². The Labute approximate surface area is 107 Å². The van der Waals surface area contributed by atoms with Gasteiger partial charge in [0.05, 0.1) is 11.8 Å². The highest BCUT2D eigenvalue weighted by Crippen LogP contribution is 2.47. The van der Waals surface area contributed by atoms with E-state index in [-0.39, 0.29) is 0 Å². The summed E-state index contributed by atoms with van der Waals surface area (Å²) >= 11 is 0. The summed E-state index contributed by atoms with van der Waals surface area (Å²) < 4.78 is 59.6. The number of aryl methyl sites for hydroxylation is 1. The highest BCUT2D eigenvalue weighted by Gasteiger charge is 2.40. The van der Waals surface area contributed by atoms with Gasteiger partial charge in [-0.15, -0.1) is 0 Å². The summed E-state index contributed by atoms with van der Waals surface area (Å²) in [5, 5.41) is 3.39. The van der Waals surface area contributed by atoms with Crippen LogP contribution in [-0.4, -0.2) is 35.9 Å². The molecule has 0 aromatic carbocycles. The topological polar surface area (TPSA) is 70.4 Å². The van der Waals surface area contributed by atoms with Gasteiger partial charge in [0.25, 0.3) is 0 Å². The Kier molecular flexibility index (Phi) is 4.54. The van der Waals surface area contributed by atoms with Gasteiger partial charge < -0.3 is 9.05 Å². The lowest BCUT2D eigenvalue weighted by atomic mass is 10.2. The molecular formula is C9H12F3N2O4P. The first-order valence-electron chi connectivity index (χ1n) is 4.97. The van der Waals surface area contributed by atoms with Crippen LogP contribution in [0.4, 0.5) is 13.2 Å². The second-order valence-corrected chi connectivity index (χ2v) is 5.85. The van der Waals surface area contributed by atoms with Crippen LogP contribution < -0.4 is 0 Å². The molecule has 0 atom stereocenters. The third-order valence-electron chi connectivity index (χ3n) is 2.40. The van der Waals surface area contributed by atoms with Crippen molar-refractivity contribution in [3.8, 4) is 0 Å². The number of halogens is 3. The van der Waals surface area contributed by atoms with E-state index in [0.717, 1.165) is 27.5 Å². The van der Waals surface area contributed by atoms with E-state index < -0.39 is 37.0 Å². The van der Waals surface area contributed by atoms with E-state index in [4.69, 9.17) is 0 Å². The zero-order chi connectivity index (χ0) is 14.8. The smallest absolute Gasteiger partial charge is 0.312 e. The highest BCUT2D eigenvalue weighted by atomic mass is 31.2. The zero-order valence-corrected chi connectivity index (χ0v) is 11.3. The number of rotatable bonds is 5. The van der Waals surface area contributed by atoms with Crippen LogP contribution in [0.15, 0.2) is 6.20 Å². The first kappa shape index (κ1) is 15.9. The van der Waals surface area contributed by atoms with Gasteiger partial charge >= 0.3 is 13.8 Å². The van der Waals surface area contributed by atoms with Crippen molar-refractivity contribution in [3.63, 3.8) is 0 Å². The van der Waals surface area contributed by atoms with Crippen LogP contribution >= 0.6 is 7.60 Å². The lowest BCUT2D eigenvalue weighted by Crippen LogP contribution is -2.18. The maximum atomic E-state index is 12.8. The number of alkyl halides is 3. The van der Waals surface area contributed by atoms with E-state index in [1.165, 1.54) is 0 Å². The molecule has 0 N–H and O–H groups in total. The molecule has 0 unspecified atom stereocenters. The molecule has 1 aromatic rings. The summed E-state index contributed by atoms with van der Waals surface area (Å²) in [6.07, 6.45) is -4.74. The number of carbonyl (C=O) groups excluding carboxylic acids is 1. The average molecular weight is 300 g/mol. The van der Waals surface area contributed by atoms with Gasteiger partial charge in [0.15, 0.2) is 11.5 Å². The summed E-state index contributed by atoms with van der Waals surface area (Å²) in [7, 11) is -0.564. The highest BCUT2D eigenvalue weighted by molar-refractivity contribution is 7.54. The zero-order valence-electron chi connectivity index (χ0n) is 10.4. The fourth-order valence-electron chi connectivity index (χ4n) is 1.44. The Morgan fingerprint density at radius 1 is 1.42 bits per heavy atom. The molecule has 1 rings (SSSR count). The van der Waals surface area contributed by atoms with E-state index in [2.05, 4.69) is 14.1 Å². The number of nitrogens with zero attached hydrogens (tertiary/aromatic N) is 2. The molecule has 0 aliphatic rings. The van der Waals surface area contributed by atoms with Gasteiger partial charge in [0, 0.05) is 21.3 Å². The Bertz CT molecular complexity index is 518. The lowest BCUT2D eigenvalue weighted by Gasteiger charge is -2.13. The third-order valence-corrected chi connectivity index (χ3v) is 4.19. The van der Waals surface area contributed by atoms with Gasteiger partial charge in [-0.05, 0) is 0 Å². The molecule has 19 heavy (non-hydrogen) atoms. The third kappa shape index (κ3) is 3.43. The van der Waals surface area contributed by atoms with Crippen LogP contribution in [0.1, 0.15) is 16.1 Å². The van der Waals surface area contributed by atoms with Crippen molar-refractivity contribution in [1.82, 2.24) is 9.78 Å². The van der Waals surface area contributed by atoms with Gasteiger partial charge in [-0.2, -0.15) is 18.3 Å². The van der Waals surface area contributed by atoms with Crippen LogP contribution in [0, 0.1) is 0 Å². The van der Waals surface area contributed by atoms with Crippen LogP contribution in [0.5, 0.6) is 0 Å². The van der Waals surface area contributed by atoms with E-state index in [1.54, 1.807) is 0 Å². The summed E-state index contributed by atoms with van der Waals surface area (Å²) in [4.78, 5) is 11.8. The summed E-state index contributed by atoms with van der Waals surface area (Å²) in [5.74, 6) is -1.01. The molecule has 1 aromatic heterocycles. The maximum absolute atomic E-state index is 12.8. The molecule has 0 radical (unpaired) electrons. The number of aromatic nitrogens is 2. The predicted molar refractivity (Wildman–Crippen MR) is 59.0 cm³/mol. The van der Waals surface area contributed by atoms with Crippen molar-refractivity contribution in [2.75, 3.05) is 20.4 Å². The molecule has 0 aliphatic carbocycles. The number of Topliss-reactive ketones (excluding diaryl/α,β-unsaturated/α-hetero) is 1. The first-order chi connectivity index (χ1) is 8.64. The van der Waals surface area contributed by atoms with Gasteiger partial charge in [-0.1, -0.05) is 0 Å². The molecule has 0 aliphatic heterocycles. The Morgan fingerprint density at radius 2 is 1.95 bits per heavy atom. The first-order valence-corrected chi connectivity index (χ1v) is 6.70. The SMILES string of the molecule is COP(=O)(CC(=O)c1cnn(C)c1C(F)(F)F)OC. The van der Waals surface area contributed by atoms with Gasteiger partial charge in [-0.3, -0.25) is 14.0 Å². The largest absolute Gasteiger partial charge is 0.433 e. The normalized spacial score (nSPS) is 12.7. The fourth-order valence-corrected chi connectivity index (χ4v) is 2.37. The summed E-state index contributed by atoms with van der Waals surface area (Å²) in [5.41, 5.74) is -1.86. The second-order valence-electron chi connectivity index (χ2n) is 3.59. The second kappa shape index (κ2) is 5.44.